The highest BCUT2D eigenvalue weighted by Crippen LogP contribution is 2.13. The van der Waals surface area contributed by atoms with Crippen LogP contribution in [-0.4, -0.2) is 64.6 Å². The standard InChI is InChI=1S/C17H24N4O3/c1-3-19(4-2)16(22)20-11-9-18(10-12-20)13-21-14-7-5-6-8-15(14)24-17(21)23/h5-8H,3-4,9-13H2,1-2H3. The molecule has 2 amide bonds. The molecule has 0 bridgehead atoms. The van der Waals surface area contributed by atoms with Crippen LogP contribution in [0.15, 0.2) is 33.5 Å². The Labute approximate surface area is 141 Å². The van der Waals surface area contributed by atoms with Gasteiger partial charge in [-0.1, -0.05) is 12.1 Å². The van der Waals surface area contributed by atoms with E-state index in [0.717, 1.165) is 31.7 Å². The summed E-state index contributed by atoms with van der Waals surface area (Å²) < 4.78 is 6.92. The lowest BCUT2D eigenvalue weighted by molar-refractivity contribution is 0.0995. The Kier molecular flexibility index (Phi) is 4.89. The number of oxazole rings is 1. The van der Waals surface area contributed by atoms with E-state index in [0.29, 0.717) is 25.3 Å². The fraction of sp³-hybridized carbons (Fsp3) is 0.529. The molecule has 0 saturated carbocycles. The molecule has 0 spiro atoms. The number of urea groups is 1. The van der Waals surface area contributed by atoms with E-state index in [-0.39, 0.29) is 11.8 Å². The molecule has 1 saturated heterocycles. The number of aromatic nitrogens is 1. The minimum atomic E-state index is -0.335. The molecule has 0 aliphatic carbocycles. The number of para-hydroxylation sites is 2. The van der Waals surface area contributed by atoms with E-state index in [1.54, 1.807) is 10.6 Å². The fourth-order valence-corrected chi connectivity index (χ4v) is 3.12. The lowest BCUT2D eigenvalue weighted by atomic mass is 10.3. The van der Waals surface area contributed by atoms with E-state index in [1.807, 2.05) is 41.8 Å². The first kappa shape index (κ1) is 16.6. The van der Waals surface area contributed by atoms with Crippen molar-refractivity contribution < 1.29 is 9.21 Å². The average molecular weight is 332 g/mol. The number of piperazine rings is 1. The van der Waals surface area contributed by atoms with Crippen molar-refractivity contribution in [2.45, 2.75) is 20.5 Å². The first-order valence-corrected chi connectivity index (χ1v) is 8.48. The van der Waals surface area contributed by atoms with Crippen molar-refractivity contribution in [3.8, 4) is 0 Å². The first-order chi connectivity index (χ1) is 11.6. The van der Waals surface area contributed by atoms with Crippen LogP contribution in [0.4, 0.5) is 4.79 Å². The van der Waals surface area contributed by atoms with Crippen LogP contribution in [0.25, 0.3) is 11.1 Å². The Hall–Kier alpha value is -2.28. The summed E-state index contributed by atoms with van der Waals surface area (Å²) in [5.74, 6) is -0.335. The summed E-state index contributed by atoms with van der Waals surface area (Å²) in [6.45, 7) is 8.79. The maximum atomic E-state index is 12.4. The Morgan fingerprint density at radius 2 is 1.79 bits per heavy atom. The van der Waals surface area contributed by atoms with Crippen LogP contribution in [0.5, 0.6) is 0 Å². The summed E-state index contributed by atoms with van der Waals surface area (Å²) in [6, 6.07) is 7.54. The lowest BCUT2D eigenvalue weighted by Gasteiger charge is -2.37. The summed E-state index contributed by atoms with van der Waals surface area (Å²) in [4.78, 5) is 30.3. The second kappa shape index (κ2) is 7.09. The molecule has 1 fully saturated rings. The van der Waals surface area contributed by atoms with Crippen LogP contribution in [0, 0.1) is 0 Å². The zero-order valence-corrected chi connectivity index (χ0v) is 14.3. The number of rotatable bonds is 4. The van der Waals surface area contributed by atoms with Crippen molar-refractivity contribution in [3.05, 3.63) is 34.8 Å². The van der Waals surface area contributed by atoms with Gasteiger partial charge >= 0.3 is 11.8 Å². The number of fused-ring (bicyclic) bond motifs is 1. The third-order valence-corrected chi connectivity index (χ3v) is 4.59. The van der Waals surface area contributed by atoms with E-state index in [4.69, 9.17) is 4.42 Å². The van der Waals surface area contributed by atoms with Gasteiger partial charge in [0.05, 0.1) is 12.2 Å². The van der Waals surface area contributed by atoms with Crippen LogP contribution in [0.2, 0.25) is 0 Å². The van der Waals surface area contributed by atoms with Gasteiger partial charge in [-0.3, -0.25) is 9.47 Å². The highest BCUT2D eigenvalue weighted by atomic mass is 16.4. The summed E-state index contributed by atoms with van der Waals surface area (Å²) in [5.41, 5.74) is 1.42. The monoisotopic (exact) mass is 332 g/mol. The number of nitrogens with zero attached hydrogens (tertiary/aromatic N) is 4. The van der Waals surface area contributed by atoms with Gasteiger partial charge in [0.15, 0.2) is 5.58 Å². The molecular weight excluding hydrogens is 308 g/mol. The van der Waals surface area contributed by atoms with Crippen LogP contribution >= 0.6 is 0 Å². The molecule has 0 atom stereocenters. The number of hydrogen-bond acceptors (Lipinski definition) is 4. The van der Waals surface area contributed by atoms with Crippen molar-refractivity contribution in [3.63, 3.8) is 0 Å². The third kappa shape index (κ3) is 3.17. The largest absolute Gasteiger partial charge is 0.421 e. The SMILES string of the molecule is CCN(CC)C(=O)N1CCN(Cn2c(=O)oc3ccccc32)CC1. The summed E-state index contributed by atoms with van der Waals surface area (Å²) in [6.07, 6.45) is 0. The van der Waals surface area contributed by atoms with E-state index in [1.165, 1.54) is 0 Å². The second-order valence-electron chi connectivity index (χ2n) is 5.97. The molecule has 2 aromatic rings. The van der Waals surface area contributed by atoms with Gasteiger partial charge in [0.2, 0.25) is 0 Å². The molecule has 0 unspecified atom stereocenters. The van der Waals surface area contributed by atoms with Gasteiger partial charge in [-0.25, -0.2) is 9.59 Å². The van der Waals surface area contributed by atoms with Gasteiger partial charge in [0, 0.05) is 39.3 Å². The molecule has 24 heavy (non-hydrogen) atoms. The van der Waals surface area contributed by atoms with Crippen LogP contribution in [-0.2, 0) is 6.67 Å². The number of amides is 2. The van der Waals surface area contributed by atoms with Crippen LogP contribution in [0.3, 0.4) is 0 Å². The predicted octanol–water partition coefficient (Wildman–Crippen LogP) is 1.63. The van der Waals surface area contributed by atoms with Gasteiger partial charge in [0.25, 0.3) is 0 Å². The van der Waals surface area contributed by atoms with Gasteiger partial charge in [0.1, 0.15) is 0 Å². The van der Waals surface area contributed by atoms with Crippen molar-refractivity contribution in [2.75, 3.05) is 39.3 Å². The Morgan fingerprint density at radius 3 is 2.46 bits per heavy atom. The molecule has 0 radical (unpaired) electrons. The maximum Gasteiger partial charge on any atom is 0.421 e. The fourth-order valence-electron chi connectivity index (χ4n) is 3.12. The smallest absolute Gasteiger partial charge is 0.408 e. The van der Waals surface area contributed by atoms with E-state index in [2.05, 4.69) is 4.90 Å². The van der Waals surface area contributed by atoms with Crippen molar-refractivity contribution >= 4 is 17.1 Å². The van der Waals surface area contributed by atoms with Gasteiger partial charge < -0.3 is 14.2 Å². The van der Waals surface area contributed by atoms with Crippen molar-refractivity contribution in [1.29, 1.82) is 0 Å². The van der Waals surface area contributed by atoms with Crippen LogP contribution in [0.1, 0.15) is 13.8 Å². The summed E-state index contributed by atoms with van der Waals surface area (Å²) in [7, 11) is 0. The van der Waals surface area contributed by atoms with Crippen LogP contribution < -0.4 is 5.76 Å². The Bertz CT molecular complexity index is 755. The van der Waals surface area contributed by atoms with Gasteiger partial charge in [-0.2, -0.15) is 0 Å². The molecule has 0 N–H and O–H groups in total. The molecule has 130 valence electrons. The first-order valence-electron chi connectivity index (χ1n) is 8.48. The molecule has 1 aliphatic heterocycles. The quantitative estimate of drug-likeness (QED) is 0.854. The molecule has 1 aliphatic rings. The second-order valence-corrected chi connectivity index (χ2v) is 5.97. The molecule has 3 rings (SSSR count). The van der Waals surface area contributed by atoms with E-state index >= 15 is 0 Å². The molecule has 2 heterocycles. The molecule has 7 nitrogen and oxygen atoms in total. The van der Waals surface area contributed by atoms with Crippen molar-refractivity contribution in [2.24, 2.45) is 0 Å². The molecule has 1 aromatic heterocycles. The predicted molar refractivity (Wildman–Crippen MR) is 91.9 cm³/mol. The van der Waals surface area contributed by atoms with Gasteiger partial charge in [-0.15, -0.1) is 0 Å². The number of benzene rings is 1. The Balaban J connectivity index is 1.64. The third-order valence-electron chi connectivity index (χ3n) is 4.59. The van der Waals surface area contributed by atoms with Crippen molar-refractivity contribution in [1.82, 2.24) is 19.3 Å². The lowest BCUT2D eigenvalue weighted by Crippen LogP contribution is -2.53. The minimum Gasteiger partial charge on any atom is -0.408 e. The molecule has 7 heteroatoms. The number of hydrogen-bond donors (Lipinski definition) is 0. The highest BCUT2D eigenvalue weighted by molar-refractivity contribution is 5.74. The van der Waals surface area contributed by atoms with Gasteiger partial charge in [-0.05, 0) is 26.0 Å². The number of carbonyl (C=O) groups excluding carboxylic acids is 1. The highest BCUT2D eigenvalue weighted by Gasteiger charge is 2.24. The zero-order valence-electron chi connectivity index (χ0n) is 14.3. The zero-order chi connectivity index (χ0) is 17.1. The topological polar surface area (TPSA) is 61.9 Å². The average Bonchev–Trinajstić information content (AvgIpc) is 2.92. The normalized spacial score (nSPS) is 15.8. The van der Waals surface area contributed by atoms with E-state index in [9.17, 15) is 9.59 Å². The summed E-state index contributed by atoms with van der Waals surface area (Å²) >= 11 is 0. The maximum absolute atomic E-state index is 12.4. The number of carbonyl (C=O) groups is 1. The minimum absolute atomic E-state index is 0.102. The molecular formula is C17H24N4O3. The van der Waals surface area contributed by atoms with E-state index < -0.39 is 0 Å². The summed E-state index contributed by atoms with van der Waals surface area (Å²) in [5, 5.41) is 0. The molecule has 1 aromatic carbocycles. The Morgan fingerprint density at radius 1 is 1.12 bits per heavy atom.